The summed E-state index contributed by atoms with van der Waals surface area (Å²) in [6.45, 7) is 4.14. The molecule has 0 bridgehead atoms. The predicted octanol–water partition coefficient (Wildman–Crippen LogP) is 4.54. The normalized spacial score (nSPS) is 19.2. The van der Waals surface area contributed by atoms with E-state index < -0.39 is 34.1 Å². The first kappa shape index (κ1) is 32.0. The van der Waals surface area contributed by atoms with E-state index in [1.54, 1.807) is 23.6 Å². The van der Waals surface area contributed by atoms with Gasteiger partial charge < -0.3 is 10.2 Å². The molecule has 0 radical (unpaired) electrons. The number of halogens is 6. The second-order valence-electron chi connectivity index (χ2n) is 8.85. The van der Waals surface area contributed by atoms with Gasteiger partial charge in [0.05, 0.1) is 21.3 Å². The number of aryl methyl sites for hydroxylation is 1. The number of alkyl halides is 6. The Morgan fingerprint density at radius 1 is 1.02 bits per heavy atom. The summed E-state index contributed by atoms with van der Waals surface area (Å²) >= 11 is 1.64. The monoisotopic (exact) mass is 625 g/mol. The summed E-state index contributed by atoms with van der Waals surface area (Å²) in [6, 6.07) is 9.63. The molecule has 17 heteroatoms. The minimum Gasteiger partial charge on any atom is -0.475 e. The first-order chi connectivity index (χ1) is 18.9. The van der Waals surface area contributed by atoms with Crippen LogP contribution in [0.5, 0.6) is 0 Å². The van der Waals surface area contributed by atoms with Crippen molar-refractivity contribution in [2.24, 2.45) is 0 Å². The lowest BCUT2D eigenvalue weighted by molar-refractivity contribution is -0.193. The fraction of sp³-hybridized carbons (Fsp3) is 0.333. The zero-order chi connectivity index (χ0) is 30.8. The molecule has 0 spiro atoms. The number of thiazole rings is 1. The van der Waals surface area contributed by atoms with Gasteiger partial charge in [-0.1, -0.05) is 12.1 Å². The molecular formula is C24H21F6N3O6S2. The predicted molar refractivity (Wildman–Crippen MR) is 133 cm³/mol. The van der Waals surface area contributed by atoms with Gasteiger partial charge in [0.2, 0.25) is 0 Å². The summed E-state index contributed by atoms with van der Waals surface area (Å²) in [7, 11) is -3.27. The smallest absolute Gasteiger partial charge is 0.475 e. The maximum atomic E-state index is 13.1. The van der Waals surface area contributed by atoms with Gasteiger partial charge in [-0.25, -0.2) is 23.0 Å². The molecule has 41 heavy (non-hydrogen) atoms. The van der Waals surface area contributed by atoms with Crippen molar-refractivity contribution in [1.29, 1.82) is 0 Å². The standard InChI is InChI=1S/C20H19N3O2S2.2C2HF3O2/c1-13-18(26-12-22-13)10-23-9-17-16-7-14(15-3-2-6-21-8-15)4-5-19(16)27(24,25)20(17)11-23;2*3-2(4,5)1(6)7/h2-8,12,17,20H,9-11H2,1H3;2*(H,6,7). The minimum atomic E-state index is -5.08. The Morgan fingerprint density at radius 3 is 2.12 bits per heavy atom. The highest BCUT2D eigenvalue weighted by Crippen LogP contribution is 2.46. The molecule has 3 aromatic rings. The molecule has 9 nitrogen and oxygen atoms in total. The van der Waals surface area contributed by atoms with Crippen molar-refractivity contribution in [1.82, 2.24) is 14.9 Å². The van der Waals surface area contributed by atoms with E-state index in [-0.39, 0.29) is 11.2 Å². The number of carboxylic acids is 2. The number of sulfone groups is 1. The molecule has 4 heterocycles. The van der Waals surface area contributed by atoms with Gasteiger partial charge in [0.25, 0.3) is 0 Å². The Hall–Kier alpha value is -3.57. The maximum absolute atomic E-state index is 13.1. The molecular weight excluding hydrogens is 604 g/mol. The molecule has 2 N–H and O–H groups in total. The Morgan fingerprint density at radius 2 is 1.63 bits per heavy atom. The number of aliphatic carboxylic acids is 2. The van der Waals surface area contributed by atoms with Crippen LogP contribution in [0.1, 0.15) is 22.1 Å². The van der Waals surface area contributed by atoms with Crippen molar-refractivity contribution in [2.75, 3.05) is 13.1 Å². The zero-order valence-corrected chi connectivity index (χ0v) is 22.5. The number of nitrogens with zero attached hydrogens (tertiary/aromatic N) is 3. The highest BCUT2D eigenvalue weighted by atomic mass is 32.2. The van der Waals surface area contributed by atoms with E-state index in [0.717, 1.165) is 35.5 Å². The van der Waals surface area contributed by atoms with Crippen molar-refractivity contribution >= 4 is 33.1 Å². The summed E-state index contributed by atoms with van der Waals surface area (Å²) in [5.41, 5.74) is 5.89. The number of rotatable bonds is 3. The second kappa shape index (κ2) is 12.1. The number of aromatic nitrogens is 2. The van der Waals surface area contributed by atoms with E-state index in [4.69, 9.17) is 19.8 Å². The fourth-order valence-corrected chi connectivity index (χ4v) is 7.26. The molecule has 1 fully saturated rings. The van der Waals surface area contributed by atoms with E-state index in [2.05, 4.69) is 20.9 Å². The van der Waals surface area contributed by atoms with E-state index in [9.17, 15) is 34.8 Å². The molecule has 2 aliphatic rings. The van der Waals surface area contributed by atoms with E-state index in [1.165, 1.54) is 4.88 Å². The molecule has 222 valence electrons. The third-order valence-corrected chi connectivity index (χ3v) is 9.33. The molecule has 1 aromatic carbocycles. The van der Waals surface area contributed by atoms with Crippen LogP contribution in [-0.2, 0) is 26.0 Å². The fourth-order valence-electron chi connectivity index (χ4n) is 4.25. The SMILES string of the molecule is Cc1ncsc1CN1CC2c3cc(-c4cccnc4)ccc3S(=O)(=O)C2C1.O=C(O)C(F)(F)F.O=C(O)C(F)(F)F. The molecule has 2 aromatic heterocycles. The number of hydrogen-bond donors (Lipinski definition) is 2. The number of pyridine rings is 1. The van der Waals surface area contributed by atoms with Gasteiger partial charge in [0.15, 0.2) is 9.84 Å². The molecule has 0 amide bonds. The van der Waals surface area contributed by atoms with Gasteiger partial charge in [0, 0.05) is 42.8 Å². The lowest BCUT2D eigenvalue weighted by atomic mass is 9.95. The van der Waals surface area contributed by atoms with E-state index >= 15 is 0 Å². The topological polar surface area (TPSA) is 138 Å². The Bertz CT molecular complexity index is 1490. The van der Waals surface area contributed by atoms with Crippen LogP contribution in [0.15, 0.2) is 53.1 Å². The van der Waals surface area contributed by atoms with Crippen LogP contribution in [-0.4, -0.2) is 76.1 Å². The van der Waals surface area contributed by atoms with Crippen molar-refractivity contribution < 1.29 is 54.6 Å². The summed E-state index contributed by atoms with van der Waals surface area (Å²) in [5.74, 6) is -5.48. The summed E-state index contributed by atoms with van der Waals surface area (Å²) in [5, 5.41) is 13.9. The number of fused-ring (bicyclic) bond motifs is 3. The van der Waals surface area contributed by atoms with Gasteiger partial charge >= 0.3 is 24.3 Å². The Kier molecular flexibility index (Phi) is 9.44. The van der Waals surface area contributed by atoms with E-state index in [0.29, 0.717) is 11.4 Å². The average molecular weight is 626 g/mol. The van der Waals surface area contributed by atoms with Gasteiger partial charge in [-0.05, 0) is 41.8 Å². The lowest BCUT2D eigenvalue weighted by Crippen LogP contribution is -2.25. The molecule has 0 saturated carbocycles. The van der Waals surface area contributed by atoms with Gasteiger partial charge in [0.1, 0.15) is 0 Å². The van der Waals surface area contributed by atoms with E-state index in [1.807, 2.05) is 36.8 Å². The first-order valence-corrected chi connectivity index (χ1v) is 13.8. The van der Waals surface area contributed by atoms with Crippen LogP contribution in [0, 0.1) is 6.92 Å². The molecule has 5 rings (SSSR count). The summed E-state index contributed by atoms with van der Waals surface area (Å²) in [6.07, 6.45) is -6.61. The van der Waals surface area contributed by atoms with Crippen molar-refractivity contribution in [3.63, 3.8) is 0 Å². The third kappa shape index (κ3) is 7.59. The van der Waals surface area contributed by atoms with Gasteiger partial charge in [-0.15, -0.1) is 11.3 Å². The number of carboxylic acid groups (broad SMARTS) is 2. The second-order valence-corrected chi connectivity index (χ2v) is 11.9. The third-order valence-electron chi connectivity index (χ3n) is 6.15. The van der Waals surface area contributed by atoms with Crippen LogP contribution in [0.25, 0.3) is 11.1 Å². The number of carbonyl (C=O) groups is 2. The van der Waals surface area contributed by atoms with Crippen molar-refractivity contribution in [3.05, 3.63) is 64.4 Å². The maximum Gasteiger partial charge on any atom is 0.490 e. The summed E-state index contributed by atoms with van der Waals surface area (Å²) < 4.78 is 89.6. The van der Waals surface area contributed by atoms with Crippen LogP contribution < -0.4 is 0 Å². The number of benzene rings is 1. The number of hydrogen-bond acceptors (Lipinski definition) is 8. The largest absolute Gasteiger partial charge is 0.490 e. The minimum absolute atomic E-state index is 0.0369. The van der Waals surface area contributed by atoms with Crippen LogP contribution in [0.2, 0.25) is 0 Å². The Balaban J connectivity index is 0.000000276. The lowest BCUT2D eigenvalue weighted by Gasteiger charge is -2.17. The van der Waals surface area contributed by atoms with Crippen LogP contribution in [0.3, 0.4) is 0 Å². The van der Waals surface area contributed by atoms with Crippen molar-refractivity contribution in [2.45, 2.75) is 41.9 Å². The molecule has 2 aliphatic heterocycles. The van der Waals surface area contributed by atoms with Gasteiger partial charge in [-0.2, -0.15) is 26.3 Å². The Labute approximate surface area is 233 Å². The molecule has 2 atom stereocenters. The van der Waals surface area contributed by atoms with Crippen LogP contribution >= 0.6 is 11.3 Å². The number of likely N-dealkylation sites (tertiary alicyclic amines) is 1. The van der Waals surface area contributed by atoms with Gasteiger partial charge in [-0.3, -0.25) is 9.88 Å². The molecule has 1 saturated heterocycles. The quantitative estimate of drug-likeness (QED) is 0.402. The van der Waals surface area contributed by atoms with Crippen LogP contribution in [0.4, 0.5) is 26.3 Å². The average Bonchev–Trinajstić information content (AvgIpc) is 3.55. The highest BCUT2D eigenvalue weighted by molar-refractivity contribution is 7.92. The zero-order valence-electron chi connectivity index (χ0n) is 20.8. The summed E-state index contributed by atoms with van der Waals surface area (Å²) in [4.78, 5) is 30.3. The highest BCUT2D eigenvalue weighted by Gasteiger charge is 2.50. The molecule has 0 aliphatic carbocycles. The molecule has 2 unspecified atom stereocenters. The van der Waals surface area contributed by atoms with Crippen molar-refractivity contribution in [3.8, 4) is 11.1 Å². The first-order valence-electron chi connectivity index (χ1n) is 11.4.